The lowest BCUT2D eigenvalue weighted by molar-refractivity contribution is -0.118. The van der Waals surface area contributed by atoms with E-state index in [0.717, 1.165) is 21.3 Å². The number of amides is 2. The van der Waals surface area contributed by atoms with Gasteiger partial charge in [-0.25, -0.2) is 4.98 Å². The molecule has 0 unspecified atom stereocenters. The summed E-state index contributed by atoms with van der Waals surface area (Å²) in [5.74, 6) is -0.537. The third kappa shape index (κ3) is 4.70. The Balaban J connectivity index is 1.54. The van der Waals surface area contributed by atoms with Crippen molar-refractivity contribution in [1.82, 2.24) is 10.3 Å². The van der Waals surface area contributed by atoms with Crippen molar-refractivity contribution >= 4 is 49.8 Å². The van der Waals surface area contributed by atoms with Crippen molar-refractivity contribution in [2.75, 3.05) is 5.32 Å². The maximum atomic E-state index is 13.0. The van der Waals surface area contributed by atoms with E-state index in [9.17, 15) is 9.59 Å². The molecule has 0 fully saturated rings. The number of rotatable bonds is 6. The van der Waals surface area contributed by atoms with E-state index < -0.39 is 6.04 Å². The van der Waals surface area contributed by atoms with Crippen LogP contribution in [-0.2, 0) is 11.2 Å². The molecule has 4 rings (SSSR count). The van der Waals surface area contributed by atoms with Crippen molar-refractivity contribution in [3.05, 3.63) is 82.0 Å². The first-order chi connectivity index (χ1) is 14.1. The number of fused-ring (bicyclic) bond motifs is 1. The molecular formula is C22H19N3O2S2. The summed E-state index contributed by atoms with van der Waals surface area (Å²) in [7, 11) is 0. The molecular weight excluding hydrogens is 402 g/mol. The van der Waals surface area contributed by atoms with Gasteiger partial charge in [-0.3, -0.25) is 9.59 Å². The van der Waals surface area contributed by atoms with Crippen LogP contribution in [0.2, 0.25) is 0 Å². The zero-order chi connectivity index (χ0) is 20.2. The molecule has 2 aromatic heterocycles. The summed E-state index contributed by atoms with van der Waals surface area (Å²) >= 11 is 2.77. The van der Waals surface area contributed by atoms with Gasteiger partial charge in [-0.1, -0.05) is 53.8 Å². The minimum Gasteiger partial charge on any atom is -0.339 e. The molecule has 0 aliphatic rings. The van der Waals surface area contributed by atoms with Crippen LogP contribution in [-0.4, -0.2) is 22.8 Å². The predicted molar refractivity (Wildman–Crippen MR) is 119 cm³/mol. The number of thiazole rings is 1. The Morgan fingerprint density at radius 2 is 1.90 bits per heavy atom. The highest BCUT2D eigenvalue weighted by atomic mass is 32.1. The predicted octanol–water partition coefficient (Wildman–Crippen LogP) is 4.65. The molecule has 146 valence electrons. The van der Waals surface area contributed by atoms with Crippen LogP contribution < -0.4 is 10.6 Å². The standard InChI is InChI=1S/C22H19N3O2S2/c1-14-9-10-16-19(12-14)29-22(24-16)25-20(26)17(13-15-6-3-2-4-7-15)23-21(27)18-8-5-11-28-18/h2-12,17H,13H2,1H3,(H,23,27)(H,24,25,26)/t17-/m0/s1. The van der Waals surface area contributed by atoms with E-state index in [1.807, 2.05) is 66.9 Å². The summed E-state index contributed by atoms with van der Waals surface area (Å²) in [6.07, 6.45) is 0.397. The summed E-state index contributed by atoms with van der Waals surface area (Å²) in [4.78, 5) is 30.6. The zero-order valence-corrected chi connectivity index (χ0v) is 17.3. The molecule has 2 amide bonds. The van der Waals surface area contributed by atoms with Gasteiger partial charge in [0, 0.05) is 6.42 Å². The number of anilines is 1. The number of hydrogen-bond acceptors (Lipinski definition) is 5. The number of aromatic nitrogens is 1. The molecule has 0 aliphatic heterocycles. The molecule has 0 saturated carbocycles. The summed E-state index contributed by atoms with van der Waals surface area (Å²) < 4.78 is 1.02. The van der Waals surface area contributed by atoms with Crippen molar-refractivity contribution in [3.8, 4) is 0 Å². The van der Waals surface area contributed by atoms with Crippen LogP contribution in [0.1, 0.15) is 20.8 Å². The lowest BCUT2D eigenvalue weighted by Crippen LogP contribution is -2.45. The maximum absolute atomic E-state index is 13.0. The number of carbonyl (C=O) groups excluding carboxylic acids is 2. The minimum atomic E-state index is -0.708. The summed E-state index contributed by atoms with van der Waals surface area (Å²) in [5.41, 5.74) is 2.96. The molecule has 2 N–H and O–H groups in total. The molecule has 29 heavy (non-hydrogen) atoms. The van der Waals surface area contributed by atoms with Crippen LogP contribution in [0.25, 0.3) is 10.2 Å². The molecule has 4 aromatic rings. The minimum absolute atomic E-state index is 0.254. The van der Waals surface area contributed by atoms with Crippen molar-refractivity contribution in [1.29, 1.82) is 0 Å². The second-order valence-corrected chi connectivity index (χ2v) is 8.65. The van der Waals surface area contributed by atoms with E-state index in [1.165, 1.54) is 22.7 Å². The van der Waals surface area contributed by atoms with Crippen LogP contribution in [0.15, 0.2) is 66.0 Å². The Morgan fingerprint density at radius 1 is 1.07 bits per heavy atom. The average Bonchev–Trinajstić information content (AvgIpc) is 3.37. The van der Waals surface area contributed by atoms with Crippen LogP contribution in [0.4, 0.5) is 5.13 Å². The highest BCUT2D eigenvalue weighted by Gasteiger charge is 2.23. The first kappa shape index (κ1) is 19.3. The van der Waals surface area contributed by atoms with Gasteiger partial charge in [0.05, 0.1) is 15.1 Å². The first-order valence-corrected chi connectivity index (χ1v) is 10.8. The fourth-order valence-corrected chi connectivity index (χ4v) is 4.57. The number of hydrogen-bond donors (Lipinski definition) is 2. The van der Waals surface area contributed by atoms with E-state index in [2.05, 4.69) is 15.6 Å². The normalized spacial score (nSPS) is 11.9. The topological polar surface area (TPSA) is 71.1 Å². The largest absolute Gasteiger partial charge is 0.339 e. The second-order valence-electron chi connectivity index (χ2n) is 6.67. The SMILES string of the molecule is Cc1ccc2nc(NC(=O)[C@H](Cc3ccccc3)NC(=O)c3cccs3)sc2c1. The van der Waals surface area contributed by atoms with Gasteiger partial charge < -0.3 is 10.6 Å². The van der Waals surface area contributed by atoms with Gasteiger partial charge in [-0.2, -0.15) is 0 Å². The Hall–Kier alpha value is -3.03. The molecule has 2 heterocycles. The van der Waals surface area contributed by atoms with E-state index in [0.29, 0.717) is 16.4 Å². The molecule has 0 radical (unpaired) electrons. The van der Waals surface area contributed by atoms with Gasteiger partial charge in [0.25, 0.3) is 5.91 Å². The van der Waals surface area contributed by atoms with Gasteiger partial charge in [-0.05, 0) is 41.6 Å². The Bertz CT molecular complexity index is 1140. The number of thiophene rings is 1. The van der Waals surface area contributed by atoms with E-state index in [4.69, 9.17) is 0 Å². The van der Waals surface area contributed by atoms with Gasteiger partial charge in [0.2, 0.25) is 5.91 Å². The van der Waals surface area contributed by atoms with Gasteiger partial charge in [0.1, 0.15) is 6.04 Å². The van der Waals surface area contributed by atoms with Crippen LogP contribution in [0.3, 0.4) is 0 Å². The molecule has 2 aromatic carbocycles. The monoisotopic (exact) mass is 421 g/mol. The Morgan fingerprint density at radius 3 is 2.66 bits per heavy atom. The number of nitrogens with zero attached hydrogens (tertiary/aromatic N) is 1. The van der Waals surface area contributed by atoms with Crippen molar-refractivity contribution < 1.29 is 9.59 Å². The molecule has 0 saturated heterocycles. The summed E-state index contributed by atoms with van der Waals surface area (Å²) in [6, 6.07) is 18.5. The average molecular weight is 422 g/mol. The van der Waals surface area contributed by atoms with Gasteiger partial charge in [0.15, 0.2) is 5.13 Å². The molecule has 7 heteroatoms. The number of carbonyl (C=O) groups is 2. The third-order valence-corrected chi connectivity index (χ3v) is 6.23. The fraction of sp³-hybridized carbons (Fsp3) is 0.136. The van der Waals surface area contributed by atoms with Gasteiger partial charge in [-0.15, -0.1) is 11.3 Å². The Kier molecular flexibility index (Phi) is 5.69. The molecule has 0 aliphatic carbocycles. The van der Waals surface area contributed by atoms with Gasteiger partial charge >= 0.3 is 0 Å². The summed E-state index contributed by atoms with van der Waals surface area (Å²) in [5, 5.41) is 8.11. The van der Waals surface area contributed by atoms with Crippen molar-refractivity contribution in [3.63, 3.8) is 0 Å². The van der Waals surface area contributed by atoms with Crippen molar-refractivity contribution in [2.45, 2.75) is 19.4 Å². The Labute approximate surface area is 176 Å². The van der Waals surface area contributed by atoms with E-state index >= 15 is 0 Å². The number of nitrogens with one attached hydrogen (secondary N) is 2. The van der Waals surface area contributed by atoms with E-state index in [1.54, 1.807) is 6.07 Å². The lowest BCUT2D eigenvalue weighted by atomic mass is 10.1. The number of aryl methyl sites for hydroxylation is 1. The third-order valence-electron chi connectivity index (χ3n) is 4.42. The van der Waals surface area contributed by atoms with Crippen molar-refractivity contribution in [2.24, 2.45) is 0 Å². The zero-order valence-electron chi connectivity index (χ0n) is 15.7. The summed E-state index contributed by atoms with van der Waals surface area (Å²) in [6.45, 7) is 2.02. The quantitative estimate of drug-likeness (QED) is 0.476. The van der Waals surface area contributed by atoms with Crippen LogP contribution in [0, 0.1) is 6.92 Å². The fourth-order valence-electron chi connectivity index (χ4n) is 2.97. The molecule has 0 spiro atoms. The lowest BCUT2D eigenvalue weighted by Gasteiger charge is -2.17. The molecule has 1 atom stereocenters. The smallest absolute Gasteiger partial charge is 0.262 e. The van der Waals surface area contributed by atoms with E-state index in [-0.39, 0.29) is 11.8 Å². The second kappa shape index (κ2) is 8.55. The van der Waals surface area contributed by atoms with Crippen LogP contribution >= 0.6 is 22.7 Å². The maximum Gasteiger partial charge on any atom is 0.262 e. The first-order valence-electron chi connectivity index (χ1n) is 9.15. The highest BCUT2D eigenvalue weighted by Crippen LogP contribution is 2.26. The van der Waals surface area contributed by atoms with Crippen LogP contribution in [0.5, 0.6) is 0 Å². The highest BCUT2D eigenvalue weighted by molar-refractivity contribution is 7.22. The molecule has 5 nitrogen and oxygen atoms in total. The molecule has 0 bridgehead atoms. The number of benzene rings is 2.